The number of amides is 2. The van der Waals surface area contributed by atoms with Crippen LogP contribution in [0.1, 0.15) is 12.0 Å². The smallest absolute Gasteiger partial charge is 0.323 e. The molecule has 4 rings (SSSR count). The van der Waals surface area contributed by atoms with Crippen molar-refractivity contribution in [3.8, 4) is 11.6 Å². The van der Waals surface area contributed by atoms with Crippen LogP contribution in [-0.2, 0) is 6.42 Å². The van der Waals surface area contributed by atoms with Crippen LogP contribution in [0.15, 0.2) is 67.0 Å². The fraction of sp³-hybridized carbons (Fsp3) is 0.286. The highest BCUT2D eigenvalue weighted by molar-refractivity contribution is 5.99. The van der Waals surface area contributed by atoms with Crippen LogP contribution in [0.4, 0.5) is 22.0 Å². The third kappa shape index (κ3) is 7.53. The van der Waals surface area contributed by atoms with E-state index in [9.17, 15) is 4.79 Å². The Kier molecular flexibility index (Phi) is 9.25. The molecule has 2 aromatic heterocycles. The van der Waals surface area contributed by atoms with Gasteiger partial charge in [-0.15, -0.1) is 0 Å². The standard InChI is InChI=1S/C28H33N7O3/c1-35(2)16-7-17-38-24-18-23(37-3)25-26(30-19-31-27(25)34-24)29-15-14-20-10-12-22(13-11-20)33-28(36)32-21-8-5-4-6-9-21/h4-6,8-13,18-19H,7,14-17H2,1-3H3,(H2,32,33,36)(H,29,30,31,34). The fourth-order valence-electron chi connectivity index (χ4n) is 3.83. The number of methoxy groups -OCH3 is 1. The van der Waals surface area contributed by atoms with E-state index in [4.69, 9.17) is 9.47 Å². The highest BCUT2D eigenvalue weighted by atomic mass is 16.5. The van der Waals surface area contributed by atoms with Crippen molar-refractivity contribution in [3.05, 3.63) is 72.6 Å². The number of carbonyl (C=O) groups excluding carboxylic acids is 1. The number of urea groups is 1. The van der Waals surface area contributed by atoms with E-state index in [1.165, 1.54) is 6.33 Å². The Hall–Kier alpha value is -4.44. The summed E-state index contributed by atoms with van der Waals surface area (Å²) < 4.78 is 11.4. The Balaban J connectivity index is 1.33. The Morgan fingerprint density at radius 3 is 2.42 bits per heavy atom. The number of anilines is 3. The van der Waals surface area contributed by atoms with Gasteiger partial charge in [0.1, 0.15) is 23.3 Å². The number of pyridine rings is 1. The van der Waals surface area contributed by atoms with Gasteiger partial charge in [0.2, 0.25) is 5.88 Å². The number of rotatable bonds is 12. The zero-order valence-electron chi connectivity index (χ0n) is 21.9. The molecule has 3 N–H and O–H groups in total. The second-order valence-corrected chi connectivity index (χ2v) is 8.91. The van der Waals surface area contributed by atoms with E-state index in [1.807, 2.05) is 68.7 Å². The van der Waals surface area contributed by atoms with Crippen LogP contribution in [0.3, 0.4) is 0 Å². The lowest BCUT2D eigenvalue weighted by molar-refractivity contribution is 0.262. The number of nitrogens with zero attached hydrogens (tertiary/aromatic N) is 4. The molecule has 0 bridgehead atoms. The summed E-state index contributed by atoms with van der Waals surface area (Å²) in [5, 5.41) is 9.73. The lowest BCUT2D eigenvalue weighted by Crippen LogP contribution is -2.19. The lowest BCUT2D eigenvalue weighted by atomic mass is 10.1. The van der Waals surface area contributed by atoms with Crippen LogP contribution in [0, 0.1) is 0 Å². The van der Waals surface area contributed by atoms with Crippen LogP contribution < -0.4 is 25.4 Å². The molecule has 38 heavy (non-hydrogen) atoms. The predicted molar refractivity (Wildman–Crippen MR) is 150 cm³/mol. The van der Waals surface area contributed by atoms with E-state index in [1.54, 1.807) is 13.2 Å². The summed E-state index contributed by atoms with van der Waals surface area (Å²) in [6.45, 7) is 2.13. The molecule has 0 fully saturated rings. The van der Waals surface area contributed by atoms with Gasteiger partial charge in [0.25, 0.3) is 0 Å². The molecule has 4 aromatic rings. The molecule has 10 nitrogen and oxygen atoms in total. The summed E-state index contributed by atoms with van der Waals surface area (Å²) in [5.74, 6) is 1.73. The van der Waals surface area contributed by atoms with Gasteiger partial charge in [0.15, 0.2) is 5.65 Å². The lowest BCUT2D eigenvalue weighted by Gasteiger charge is -2.14. The maximum atomic E-state index is 12.2. The van der Waals surface area contributed by atoms with Crippen LogP contribution in [0.2, 0.25) is 0 Å². The number of para-hydroxylation sites is 1. The molecule has 0 aliphatic heterocycles. The molecule has 0 unspecified atom stereocenters. The van der Waals surface area contributed by atoms with E-state index in [-0.39, 0.29) is 6.03 Å². The van der Waals surface area contributed by atoms with Gasteiger partial charge in [-0.25, -0.2) is 14.8 Å². The first-order valence-corrected chi connectivity index (χ1v) is 12.4. The van der Waals surface area contributed by atoms with Gasteiger partial charge in [0, 0.05) is 30.5 Å². The molecule has 198 valence electrons. The van der Waals surface area contributed by atoms with Gasteiger partial charge in [-0.1, -0.05) is 30.3 Å². The van der Waals surface area contributed by atoms with Crippen LogP contribution >= 0.6 is 0 Å². The molecule has 0 spiro atoms. The predicted octanol–water partition coefficient (Wildman–Crippen LogP) is 4.66. The third-order valence-electron chi connectivity index (χ3n) is 5.71. The van der Waals surface area contributed by atoms with Crippen molar-refractivity contribution < 1.29 is 14.3 Å². The molecular formula is C28H33N7O3. The number of ether oxygens (including phenoxy) is 2. The number of hydrogen-bond donors (Lipinski definition) is 3. The van der Waals surface area contributed by atoms with Gasteiger partial charge in [-0.2, -0.15) is 4.98 Å². The Labute approximate surface area is 222 Å². The van der Waals surface area contributed by atoms with Crippen LogP contribution in [0.25, 0.3) is 11.0 Å². The maximum Gasteiger partial charge on any atom is 0.323 e. The minimum absolute atomic E-state index is 0.286. The summed E-state index contributed by atoms with van der Waals surface area (Å²) in [4.78, 5) is 27.6. The number of fused-ring (bicyclic) bond motifs is 1. The van der Waals surface area contributed by atoms with Crippen molar-refractivity contribution in [2.24, 2.45) is 0 Å². The second kappa shape index (κ2) is 13.2. The number of nitrogens with one attached hydrogen (secondary N) is 3. The first kappa shape index (κ1) is 26.6. The van der Waals surface area contributed by atoms with E-state index in [0.29, 0.717) is 47.3 Å². The molecule has 2 aromatic carbocycles. The van der Waals surface area contributed by atoms with Gasteiger partial charge < -0.3 is 30.3 Å². The highest BCUT2D eigenvalue weighted by Gasteiger charge is 2.14. The van der Waals surface area contributed by atoms with Crippen molar-refractivity contribution in [2.45, 2.75) is 12.8 Å². The summed E-state index contributed by atoms with van der Waals surface area (Å²) in [6.07, 6.45) is 3.13. The third-order valence-corrected chi connectivity index (χ3v) is 5.71. The minimum Gasteiger partial charge on any atom is -0.496 e. The monoisotopic (exact) mass is 515 g/mol. The zero-order valence-corrected chi connectivity index (χ0v) is 21.9. The summed E-state index contributed by atoms with van der Waals surface area (Å²) in [7, 11) is 5.67. The van der Waals surface area contributed by atoms with E-state index in [0.717, 1.165) is 30.6 Å². The average Bonchev–Trinajstić information content (AvgIpc) is 2.92. The Morgan fingerprint density at radius 2 is 1.71 bits per heavy atom. The normalized spacial score (nSPS) is 10.8. The molecule has 10 heteroatoms. The fourth-order valence-corrected chi connectivity index (χ4v) is 3.83. The quantitative estimate of drug-likeness (QED) is 0.234. The van der Waals surface area contributed by atoms with Gasteiger partial charge in [0.05, 0.1) is 13.7 Å². The van der Waals surface area contributed by atoms with Gasteiger partial charge >= 0.3 is 6.03 Å². The topological polar surface area (TPSA) is 114 Å². The molecule has 0 aliphatic carbocycles. The first-order valence-electron chi connectivity index (χ1n) is 12.4. The van der Waals surface area contributed by atoms with Crippen molar-refractivity contribution in [1.29, 1.82) is 0 Å². The summed E-state index contributed by atoms with van der Waals surface area (Å²) in [5.41, 5.74) is 3.07. The molecule has 0 saturated carbocycles. The zero-order chi connectivity index (χ0) is 26.7. The van der Waals surface area contributed by atoms with Crippen LogP contribution in [0.5, 0.6) is 11.6 Å². The Bertz CT molecular complexity index is 1330. The second-order valence-electron chi connectivity index (χ2n) is 8.91. The van der Waals surface area contributed by atoms with Crippen molar-refractivity contribution in [3.63, 3.8) is 0 Å². The molecule has 2 amide bonds. The molecule has 2 heterocycles. The number of aromatic nitrogens is 3. The number of benzene rings is 2. The van der Waals surface area contributed by atoms with E-state index < -0.39 is 0 Å². The van der Waals surface area contributed by atoms with E-state index in [2.05, 4.69) is 35.8 Å². The average molecular weight is 516 g/mol. The Morgan fingerprint density at radius 1 is 0.974 bits per heavy atom. The number of carbonyl (C=O) groups is 1. The molecule has 0 saturated heterocycles. The SMILES string of the molecule is COc1cc(OCCCN(C)C)nc2ncnc(NCCc3ccc(NC(=O)Nc4ccccc4)cc3)c12. The molecular weight excluding hydrogens is 482 g/mol. The summed E-state index contributed by atoms with van der Waals surface area (Å²) in [6, 6.07) is 18.5. The molecule has 0 radical (unpaired) electrons. The summed E-state index contributed by atoms with van der Waals surface area (Å²) >= 11 is 0. The van der Waals surface area contributed by atoms with Gasteiger partial charge in [-0.3, -0.25) is 0 Å². The minimum atomic E-state index is -0.286. The van der Waals surface area contributed by atoms with Crippen LogP contribution in [-0.4, -0.2) is 66.8 Å². The molecule has 0 atom stereocenters. The van der Waals surface area contributed by atoms with Crippen molar-refractivity contribution in [2.75, 3.05) is 56.9 Å². The first-order chi connectivity index (χ1) is 18.5. The largest absolute Gasteiger partial charge is 0.496 e. The maximum absolute atomic E-state index is 12.2. The highest BCUT2D eigenvalue weighted by Crippen LogP contribution is 2.31. The van der Waals surface area contributed by atoms with Crippen molar-refractivity contribution >= 4 is 34.3 Å². The number of hydrogen-bond acceptors (Lipinski definition) is 8. The molecule has 0 aliphatic rings. The van der Waals surface area contributed by atoms with Crippen molar-refractivity contribution in [1.82, 2.24) is 19.9 Å². The van der Waals surface area contributed by atoms with E-state index >= 15 is 0 Å². The van der Waals surface area contributed by atoms with Gasteiger partial charge in [-0.05, 0) is 56.8 Å².